The van der Waals surface area contributed by atoms with Gasteiger partial charge in [0.05, 0.1) is 37.1 Å². The monoisotopic (exact) mass is 370 g/mol. The van der Waals surface area contributed by atoms with Crippen molar-refractivity contribution < 1.29 is 19.0 Å². The number of hydrogen-bond donors (Lipinski definition) is 2. The van der Waals surface area contributed by atoms with Crippen molar-refractivity contribution in [1.82, 2.24) is 0 Å². The highest BCUT2D eigenvalue weighted by Crippen LogP contribution is 2.38. The summed E-state index contributed by atoms with van der Waals surface area (Å²) < 4.78 is 15.7. The van der Waals surface area contributed by atoms with Crippen LogP contribution in [0, 0.1) is 0 Å². The van der Waals surface area contributed by atoms with Crippen molar-refractivity contribution in [3.63, 3.8) is 0 Å². The second-order valence-corrected chi connectivity index (χ2v) is 5.54. The van der Waals surface area contributed by atoms with Gasteiger partial charge in [0.1, 0.15) is 0 Å². The van der Waals surface area contributed by atoms with Crippen LogP contribution in [0.15, 0.2) is 24.3 Å². The van der Waals surface area contributed by atoms with Crippen LogP contribution in [0.3, 0.4) is 0 Å². The van der Waals surface area contributed by atoms with Crippen molar-refractivity contribution in [2.45, 2.75) is 0 Å². The first-order valence-electron chi connectivity index (χ1n) is 6.77. The van der Waals surface area contributed by atoms with Crippen LogP contribution >= 0.6 is 23.2 Å². The van der Waals surface area contributed by atoms with Crippen molar-refractivity contribution in [1.29, 1.82) is 0 Å². The fourth-order valence-corrected chi connectivity index (χ4v) is 2.56. The van der Waals surface area contributed by atoms with Gasteiger partial charge in [-0.1, -0.05) is 23.2 Å². The Bertz CT molecular complexity index is 733. The van der Waals surface area contributed by atoms with Gasteiger partial charge in [-0.25, -0.2) is 0 Å². The molecule has 0 aromatic heterocycles. The van der Waals surface area contributed by atoms with Crippen LogP contribution in [0.5, 0.6) is 17.2 Å². The van der Waals surface area contributed by atoms with E-state index in [1.807, 2.05) is 0 Å². The third-order valence-electron chi connectivity index (χ3n) is 3.26. The van der Waals surface area contributed by atoms with E-state index < -0.39 is 5.91 Å². The molecule has 0 saturated carbocycles. The maximum atomic E-state index is 12.5. The molecule has 0 unspecified atom stereocenters. The summed E-state index contributed by atoms with van der Waals surface area (Å²) in [7, 11) is 4.43. The minimum absolute atomic E-state index is 0.252. The highest BCUT2D eigenvalue weighted by Gasteiger charge is 2.17. The largest absolute Gasteiger partial charge is 0.493 e. The number of hydrogen-bond acceptors (Lipinski definition) is 5. The number of rotatable bonds is 5. The van der Waals surface area contributed by atoms with Crippen LogP contribution in [-0.2, 0) is 0 Å². The number of ether oxygens (including phenoxy) is 3. The minimum atomic E-state index is -0.397. The Kier molecular flexibility index (Phi) is 5.64. The highest BCUT2D eigenvalue weighted by molar-refractivity contribution is 6.39. The summed E-state index contributed by atoms with van der Waals surface area (Å²) in [5.74, 6) is 0.743. The maximum absolute atomic E-state index is 12.5. The van der Waals surface area contributed by atoms with Gasteiger partial charge in [0.2, 0.25) is 5.75 Å². The van der Waals surface area contributed by atoms with Crippen LogP contribution < -0.4 is 25.3 Å². The van der Waals surface area contributed by atoms with Crippen LogP contribution in [0.4, 0.5) is 11.4 Å². The average molecular weight is 371 g/mol. The first kappa shape index (κ1) is 18.0. The van der Waals surface area contributed by atoms with E-state index in [9.17, 15) is 4.79 Å². The number of nitrogen functional groups attached to an aromatic ring is 1. The third-order valence-corrected chi connectivity index (χ3v) is 3.89. The van der Waals surface area contributed by atoms with E-state index in [-0.39, 0.29) is 15.7 Å². The molecule has 3 N–H and O–H groups in total. The van der Waals surface area contributed by atoms with Gasteiger partial charge in [-0.15, -0.1) is 0 Å². The number of benzene rings is 2. The van der Waals surface area contributed by atoms with Crippen molar-refractivity contribution >= 4 is 40.5 Å². The van der Waals surface area contributed by atoms with E-state index in [4.69, 9.17) is 43.1 Å². The Balaban J connectivity index is 2.36. The fraction of sp³-hybridized carbons (Fsp3) is 0.188. The van der Waals surface area contributed by atoms with Gasteiger partial charge in [0.25, 0.3) is 5.91 Å². The second-order valence-electron chi connectivity index (χ2n) is 4.72. The number of amides is 1. The number of nitrogens with two attached hydrogens (primary N) is 1. The molecule has 0 atom stereocenters. The number of nitrogens with one attached hydrogen (secondary N) is 1. The van der Waals surface area contributed by atoms with Crippen LogP contribution in [0.1, 0.15) is 10.4 Å². The SMILES string of the molecule is COc1cc(C(=O)Nc2cc(Cl)c(N)c(Cl)c2)cc(OC)c1OC. The molecule has 2 rings (SSSR count). The molecule has 0 radical (unpaired) electrons. The summed E-state index contributed by atoms with van der Waals surface area (Å²) in [5.41, 5.74) is 6.66. The third kappa shape index (κ3) is 3.60. The zero-order valence-corrected chi connectivity index (χ0v) is 14.8. The first-order chi connectivity index (χ1) is 11.4. The molecule has 0 aliphatic heterocycles. The Hall–Kier alpha value is -2.31. The lowest BCUT2D eigenvalue weighted by Gasteiger charge is -2.14. The second kappa shape index (κ2) is 7.51. The summed E-state index contributed by atoms with van der Waals surface area (Å²) in [6.07, 6.45) is 0. The summed E-state index contributed by atoms with van der Waals surface area (Å²) in [4.78, 5) is 12.5. The molecule has 2 aromatic carbocycles. The van der Waals surface area contributed by atoms with E-state index in [0.717, 1.165) is 0 Å². The lowest BCUT2D eigenvalue weighted by Crippen LogP contribution is -2.13. The normalized spacial score (nSPS) is 10.2. The fourth-order valence-electron chi connectivity index (χ4n) is 2.07. The first-order valence-corrected chi connectivity index (χ1v) is 7.52. The molecule has 0 aliphatic carbocycles. The van der Waals surface area contributed by atoms with E-state index in [1.54, 1.807) is 0 Å². The van der Waals surface area contributed by atoms with Gasteiger partial charge in [-0.05, 0) is 24.3 Å². The lowest BCUT2D eigenvalue weighted by molar-refractivity contribution is 0.102. The van der Waals surface area contributed by atoms with Gasteiger partial charge in [0, 0.05) is 11.3 Å². The standard InChI is InChI=1S/C16H16Cl2N2O4/c1-22-12-4-8(5-13(23-2)15(12)24-3)16(21)20-9-6-10(17)14(19)11(18)7-9/h4-7H,19H2,1-3H3,(H,20,21). The predicted molar refractivity (Wildman–Crippen MR) is 94.9 cm³/mol. The number of halogens is 2. The smallest absolute Gasteiger partial charge is 0.255 e. The molecule has 0 heterocycles. The Morgan fingerprint density at radius 1 is 0.958 bits per heavy atom. The van der Waals surface area contributed by atoms with E-state index >= 15 is 0 Å². The summed E-state index contributed by atoms with van der Waals surface area (Å²) in [6.45, 7) is 0. The van der Waals surface area contributed by atoms with Gasteiger partial charge >= 0.3 is 0 Å². The molecule has 1 amide bonds. The van der Waals surface area contributed by atoms with Crippen molar-refractivity contribution in [3.05, 3.63) is 39.9 Å². The van der Waals surface area contributed by atoms with Crippen LogP contribution in [-0.4, -0.2) is 27.2 Å². The topological polar surface area (TPSA) is 82.8 Å². The number of carbonyl (C=O) groups is 1. The molecular weight excluding hydrogens is 355 g/mol. The molecule has 0 bridgehead atoms. The summed E-state index contributed by atoms with van der Waals surface area (Å²) in [5, 5.41) is 3.20. The lowest BCUT2D eigenvalue weighted by atomic mass is 10.1. The van der Waals surface area contributed by atoms with Crippen molar-refractivity contribution in [2.75, 3.05) is 32.4 Å². The van der Waals surface area contributed by atoms with Gasteiger partial charge < -0.3 is 25.3 Å². The molecule has 0 spiro atoms. The summed E-state index contributed by atoms with van der Waals surface area (Å²) in [6, 6.07) is 6.10. The van der Waals surface area contributed by atoms with E-state index in [2.05, 4.69) is 5.32 Å². The Morgan fingerprint density at radius 3 is 1.88 bits per heavy atom. The number of carbonyl (C=O) groups excluding carboxylic acids is 1. The van der Waals surface area contributed by atoms with Gasteiger partial charge in [-0.3, -0.25) is 4.79 Å². The Morgan fingerprint density at radius 2 is 1.46 bits per heavy atom. The number of methoxy groups -OCH3 is 3. The molecular formula is C16H16Cl2N2O4. The zero-order chi connectivity index (χ0) is 17.9. The molecule has 24 heavy (non-hydrogen) atoms. The average Bonchev–Trinajstić information content (AvgIpc) is 2.57. The number of anilines is 2. The predicted octanol–water partition coefficient (Wildman–Crippen LogP) is 3.85. The van der Waals surface area contributed by atoms with Crippen molar-refractivity contribution in [2.24, 2.45) is 0 Å². The minimum Gasteiger partial charge on any atom is -0.493 e. The molecule has 128 valence electrons. The molecule has 0 saturated heterocycles. The maximum Gasteiger partial charge on any atom is 0.255 e. The summed E-state index contributed by atoms with van der Waals surface area (Å²) >= 11 is 11.9. The molecule has 6 nitrogen and oxygen atoms in total. The van der Waals surface area contributed by atoms with Gasteiger partial charge in [-0.2, -0.15) is 0 Å². The molecule has 2 aromatic rings. The highest BCUT2D eigenvalue weighted by atomic mass is 35.5. The Labute approximate surface area is 149 Å². The quantitative estimate of drug-likeness (QED) is 0.780. The van der Waals surface area contributed by atoms with E-state index in [1.165, 1.54) is 45.6 Å². The van der Waals surface area contributed by atoms with Gasteiger partial charge in [0.15, 0.2) is 11.5 Å². The molecule has 0 fully saturated rings. The molecule has 0 aliphatic rings. The van der Waals surface area contributed by atoms with E-state index in [0.29, 0.717) is 28.5 Å². The molecule has 8 heteroatoms. The van der Waals surface area contributed by atoms with Crippen molar-refractivity contribution in [3.8, 4) is 17.2 Å². The van der Waals surface area contributed by atoms with Crippen LogP contribution in [0.25, 0.3) is 0 Å². The zero-order valence-electron chi connectivity index (χ0n) is 13.3. The van der Waals surface area contributed by atoms with Crippen LogP contribution in [0.2, 0.25) is 10.0 Å².